The molecule has 0 saturated carbocycles. The molecule has 2 heterocycles. The summed E-state index contributed by atoms with van der Waals surface area (Å²) in [6, 6.07) is 0. The van der Waals surface area contributed by atoms with E-state index in [1.165, 1.54) is 38.5 Å². The number of hydrogen-bond acceptors (Lipinski definition) is 2. The van der Waals surface area contributed by atoms with Crippen molar-refractivity contribution in [2.45, 2.75) is 38.5 Å². The number of rotatable bonds is 0. The first kappa shape index (κ1) is 13.8. The first-order chi connectivity index (χ1) is 6.00. The Morgan fingerprint density at radius 3 is 0.846 bits per heavy atom. The Kier molecular flexibility index (Phi) is 11.6. The molecule has 2 nitrogen and oxygen atoms in total. The van der Waals surface area contributed by atoms with Crippen LogP contribution in [0.25, 0.3) is 0 Å². The van der Waals surface area contributed by atoms with Gasteiger partial charge in [-0.05, 0) is 38.5 Å². The standard InChI is InChI=1S/2C5H10O.Pb.2H/c2*1-2-4-6-5-3-1;;;/h2*1-5H2;;;. The SMILES string of the molecule is C1CCOCC1.C1CCOCC1.[PbH2]. The van der Waals surface area contributed by atoms with Gasteiger partial charge in [0.15, 0.2) is 0 Å². The quantitative estimate of drug-likeness (QED) is 0.592. The van der Waals surface area contributed by atoms with Crippen LogP contribution in [-0.4, -0.2) is 53.7 Å². The van der Waals surface area contributed by atoms with Gasteiger partial charge in [0.05, 0.1) is 0 Å². The molecular weight excluding hydrogens is 359 g/mol. The van der Waals surface area contributed by atoms with Crippen LogP contribution in [0.3, 0.4) is 0 Å². The normalized spacial score (nSPS) is 22.2. The number of ether oxygens (including phenoxy) is 2. The maximum atomic E-state index is 5.07. The third-order valence-electron chi connectivity index (χ3n) is 2.15. The van der Waals surface area contributed by atoms with Crippen molar-refractivity contribution in [3.05, 3.63) is 0 Å². The fourth-order valence-corrected chi connectivity index (χ4v) is 1.37. The summed E-state index contributed by atoms with van der Waals surface area (Å²) >= 11 is 0. The molecule has 0 spiro atoms. The Labute approximate surface area is 102 Å². The zero-order chi connectivity index (χ0) is 8.49. The fraction of sp³-hybridized carbons (Fsp3) is 1.00. The van der Waals surface area contributed by atoms with Crippen LogP contribution in [0.2, 0.25) is 0 Å². The van der Waals surface area contributed by atoms with Crippen LogP contribution in [0.5, 0.6) is 0 Å². The molecule has 2 rings (SSSR count). The number of hydrogen-bond donors (Lipinski definition) is 0. The fourth-order valence-electron chi connectivity index (χ4n) is 1.37. The Morgan fingerprint density at radius 2 is 0.769 bits per heavy atom. The van der Waals surface area contributed by atoms with E-state index in [2.05, 4.69) is 0 Å². The van der Waals surface area contributed by atoms with Crippen molar-refractivity contribution in [2.75, 3.05) is 26.4 Å². The Bertz CT molecular complexity index is 55.9. The third-order valence-corrected chi connectivity index (χ3v) is 2.15. The van der Waals surface area contributed by atoms with Crippen LogP contribution in [0.4, 0.5) is 0 Å². The van der Waals surface area contributed by atoms with Gasteiger partial charge in [-0.1, -0.05) is 0 Å². The Balaban J connectivity index is 0.000000206. The maximum absolute atomic E-state index is 5.07. The average Bonchev–Trinajstić information content (AvgIpc) is 2.24. The molecular formula is C10H22O2Pb. The molecule has 13 heavy (non-hydrogen) atoms. The summed E-state index contributed by atoms with van der Waals surface area (Å²) in [5.74, 6) is 0. The minimum atomic E-state index is 0. The van der Waals surface area contributed by atoms with Crippen molar-refractivity contribution < 1.29 is 9.47 Å². The van der Waals surface area contributed by atoms with Crippen molar-refractivity contribution in [3.8, 4) is 0 Å². The second kappa shape index (κ2) is 10.9. The summed E-state index contributed by atoms with van der Waals surface area (Å²) in [6.07, 6.45) is 7.86. The van der Waals surface area contributed by atoms with Gasteiger partial charge >= 0.3 is 27.3 Å². The zero-order valence-corrected chi connectivity index (χ0v) is 14.1. The first-order valence-electron chi connectivity index (χ1n) is 5.15. The van der Waals surface area contributed by atoms with Gasteiger partial charge in [0.1, 0.15) is 0 Å². The van der Waals surface area contributed by atoms with Gasteiger partial charge in [-0.15, -0.1) is 0 Å². The van der Waals surface area contributed by atoms with Crippen molar-refractivity contribution in [3.63, 3.8) is 0 Å². The van der Waals surface area contributed by atoms with Crippen LogP contribution >= 0.6 is 0 Å². The van der Waals surface area contributed by atoms with Gasteiger partial charge in [-0.25, -0.2) is 0 Å². The molecule has 0 bridgehead atoms. The molecule has 0 aromatic carbocycles. The molecule has 0 aliphatic carbocycles. The molecule has 2 radical (unpaired) electrons. The molecule has 2 fully saturated rings. The van der Waals surface area contributed by atoms with Gasteiger partial charge in [0, 0.05) is 26.4 Å². The predicted molar refractivity (Wildman–Crippen MR) is 57.9 cm³/mol. The summed E-state index contributed by atoms with van der Waals surface area (Å²) in [5.41, 5.74) is 0. The monoisotopic (exact) mass is 382 g/mol. The molecule has 0 N–H and O–H groups in total. The molecule has 2 aliphatic rings. The minimum absolute atomic E-state index is 0. The summed E-state index contributed by atoms with van der Waals surface area (Å²) < 4.78 is 10.1. The van der Waals surface area contributed by atoms with E-state index in [9.17, 15) is 0 Å². The van der Waals surface area contributed by atoms with Crippen molar-refractivity contribution in [2.24, 2.45) is 0 Å². The van der Waals surface area contributed by atoms with Gasteiger partial charge in [0.2, 0.25) is 0 Å². The zero-order valence-electron chi connectivity index (χ0n) is 8.59. The second-order valence-corrected chi connectivity index (χ2v) is 3.35. The van der Waals surface area contributed by atoms with Gasteiger partial charge in [0.25, 0.3) is 0 Å². The van der Waals surface area contributed by atoms with Crippen LogP contribution in [0.15, 0.2) is 0 Å². The van der Waals surface area contributed by atoms with Crippen molar-refractivity contribution in [1.82, 2.24) is 0 Å². The van der Waals surface area contributed by atoms with E-state index in [0.717, 1.165) is 26.4 Å². The summed E-state index contributed by atoms with van der Waals surface area (Å²) in [5, 5.41) is 0. The summed E-state index contributed by atoms with van der Waals surface area (Å²) in [7, 11) is 0. The molecule has 0 aromatic heterocycles. The molecule has 0 unspecified atom stereocenters. The Hall–Kier alpha value is 0.842. The van der Waals surface area contributed by atoms with E-state index >= 15 is 0 Å². The van der Waals surface area contributed by atoms with Crippen LogP contribution in [0.1, 0.15) is 38.5 Å². The first-order valence-corrected chi connectivity index (χ1v) is 5.15. The molecule has 0 aromatic rings. The molecule has 2 saturated heterocycles. The van der Waals surface area contributed by atoms with E-state index < -0.39 is 0 Å². The molecule has 78 valence electrons. The Morgan fingerprint density at radius 1 is 0.462 bits per heavy atom. The van der Waals surface area contributed by atoms with E-state index in [1.807, 2.05) is 0 Å². The molecule has 3 heteroatoms. The van der Waals surface area contributed by atoms with E-state index in [4.69, 9.17) is 9.47 Å². The van der Waals surface area contributed by atoms with E-state index in [-0.39, 0.29) is 27.3 Å². The van der Waals surface area contributed by atoms with Crippen LogP contribution in [-0.2, 0) is 9.47 Å². The molecule has 0 atom stereocenters. The van der Waals surface area contributed by atoms with E-state index in [0.29, 0.717) is 0 Å². The van der Waals surface area contributed by atoms with Gasteiger partial charge in [-0.3, -0.25) is 0 Å². The van der Waals surface area contributed by atoms with E-state index in [1.54, 1.807) is 0 Å². The van der Waals surface area contributed by atoms with Crippen LogP contribution < -0.4 is 0 Å². The predicted octanol–water partition coefficient (Wildman–Crippen LogP) is 1.46. The van der Waals surface area contributed by atoms with Gasteiger partial charge < -0.3 is 9.47 Å². The second-order valence-electron chi connectivity index (χ2n) is 3.35. The molecule has 2 aliphatic heterocycles. The summed E-state index contributed by atoms with van der Waals surface area (Å²) in [6.45, 7) is 4.00. The average molecular weight is 381 g/mol. The van der Waals surface area contributed by atoms with Gasteiger partial charge in [-0.2, -0.15) is 0 Å². The van der Waals surface area contributed by atoms with Crippen LogP contribution in [0, 0.1) is 0 Å². The summed E-state index contributed by atoms with van der Waals surface area (Å²) in [4.78, 5) is 0. The third kappa shape index (κ3) is 9.15. The molecule has 0 amide bonds. The topological polar surface area (TPSA) is 18.5 Å². The van der Waals surface area contributed by atoms with Crippen molar-refractivity contribution in [1.29, 1.82) is 0 Å². The van der Waals surface area contributed by atoms with Crippen molar-refractivity contribution >= 4 is 27.3 Å².